The maximum Gasteiger partial charge on any atom is 0.193 e. The Morgan fingerprint density at radius 2 is 2.16 bits per heavy atom. The summed E-state index contributed by atoms with van der Waals surface area (Å²) in [5.74, 6) is 0.409. The van der Waals surface area contributed by atoms with Crippen LogP contribution in [0.15, 0.2) is 41.5 Å². The average Bonchev–Trinajstić information content (AvgIpc) is 2.88. The van der Waals surface area contributed by atoms with E-state index in [0.29, 0.717) is 5.96 Å². The van der Waals surface area contributed by atoms with Gasteiger partial charge in [-0.05, 0) is 25.5 Å². The number of guanidine groups is 1. The van der Waals surface area contributed by atoms with Crippen molar-refractivity contribution in [2.45, 2.75) is 26.3 Å². The van der Waals surface area contributed by atoms with E-state index in [1.165, 1.54) is 4.88 Å². The summed E-state index contributed by atoms with van der Waals surface area (Å²) in [7, 11) is 0. The molecule has 5 heteroatoms. The number of anilines is 1. The van der Waals surface area contributed by atoms with Crippen LogP contribution in [-0.2, 0) is 6.42 Å². The van der Waals surface area contributed by atoms with Gasteiger partial charge in [0, 0.05) is 16.8 Å². The predicted octanol–water partition coefficient (Wildman–Crippen LogP) is 3.19. The third-order valence-corrected chi connectivity index (χ3v) is 3.97. The van der Waals surface area contributed by atoms with Crippen molar-refractivity contribution in [3.05, 3.63) is 46.4 Å². The quantitative estimate of drug-likeness (QED) is 0.665. The molecule has 0 fully saturated rings. The van der Waals surface area contributed by atoms with E-state index in [9.17, 15) is 0 Å². The van der Waals surface area contributed by atoms with Crippen molar-refractivity contribution in [2.75, 3.05) is 5.32 Å². The Morgan fingerprint density at radius 1 is 1.42 bits per heavy atom. The second-order valence-electron chi connectivity index (χ2n) is 4.20. The number of aromatic nitrogens is 1. The number of aliphatic imine (C=N–C) groups is 1. The van der Waals surface area contributed by atoms with Crippen LogP contribution in [0.2, 0.25) is 0 Å². The van der Waals surface area contributed by atoms with Crippen LogP contribution < -0.4 is 11.1 Å². The standard InChI is InChI=1S/C14H18N4S/c1-3-12-9-16-13(19-12)10(2)17-14(15)18-11-7-5-4-6-8-11/h4-10H,3H2,1-2H3,(H3,15,17,18). The van der Waals surface area contributed by atoms with E-state index in [1.807, 2.05) is 43.5 Å². The number of aryl methyl sites for hydroxylation is 1. The Morgan fingerprint density at radius 3 is 2.79 bits per heavy atom. The zero-order valence-corrected chi connectivity index (χ0v) is 11.9. The van der Waals surface area contributed by atoms with E-state index in [4.69, 9.17) is 5.73 Å². The Bertz CT molecular complexity index is 548. The minimum Gasteiger partial charge on any atom is -0.370 e. The first-order chi connectivity index (χ1) is 9.19. The van der Waals surface area contributed by atoms with Crippen LogP contribution in [0.4, 0.5) is 5.69 Å². The normalized spacial score (nSPS) is 13.3. The van der Waals surface area contributed by atoms with Crippen molar-refractivity contribution in [3.8, 4) is 0 Å². The summed E-state index contributed by atoms with van der Waals surface area (Å²) in [4.78, 5) is 10.1. The second kappa shape index (κ2) is 6.33. The van der Waals surface area contributed by atoms with E-state index in [1.54, 1.807) is 11.3 Å². The molecule has 0 saturated heterocycles. The van der Waals surface area contributed by atoms with E-state index in [2.05, 4.69) is 22.2 Å². The van der Waals surface area contributed by atoms with Crippen LogP contribution in [0, 0.1) is 0 Å². The minimum atomic E-state index is -0.0264. The van der Waals surface area contributed by atoms with Gasteiger partial charge in [-0.25, -0.2) is 9.98 Å². The molecular weight excluding hydrogens is 256 g/mol. The lowest BCUT2D eigenvalue weighted by molar-refractivity contribution is 0.806. The Labute approximate surface area is 117 Å². The van der Waals surface area contributed by atoms with Crippen molar-refractivity contribution in [2.24, 2.45) is 10.7 Å². The summed E-state index contributed by atoms with van der Waals surface area (Å²) in [5, 5.41) is 4.06. The number of thiazole rings is 1. The highest BCUT2D eigenvalue weighted by Gasteiger charge is 2.09. The number of nitrogens with zero attached hydrogens (tertiary/aromatic N) is 2. The highest BCUT2D eigenvalue weighted by Crippen LogP contribution is 2.23. The molecule has 0 amide bonds. The molecule has 2 rings (SSSR count). The van der Waals surface area contributed by atoms with Crippen molar-refractivity contribution >= 4 is 23.0 Å². The van der Waals surface area contributed by atoms with Crippen LogP contribution in [0.5, 0.6) is 0 Å². The number of hydrogen-bond acceptors (Lipinski definition) is 3. The van der Waals surface area contributed by atoms with Gasteiger partial charge in [-0.1, -0.05) is 25.1 Å². The molecule has 0 bridgehead atoms. The van der Waals surface area contributed by atoms with Crippen molar-refractivity contribution < 1.29 is 0 Å². The summed E-state index contributed by atoms with van der Waals surface area (Å²) >= 11 is 1.69. The Hall–Kier alpha value is -1.88. The predicted molar refractivity (Wildman–Crippen MR) is 81.6 cm³/mol. The zero-order chi connectivity index (χ0) is 13.7. The summed E-state index contributed by atoms with van der Waals surface area (Å²) in [5.41, 5.74) is 6.83. The molecule has 0 spiro atoms. The number of benzene rings is 1. The molecule has 1 heterocycles. The number of hydrogen-bond donors (Lipinski definition) is 2. The third kappa shape index (κ3) is 3.79. The number of para-hydroxylation sites is 1. The van der Waals surface area contributed by atoms with Crippen molar-refractivity contribution in [1.29, 1.82) is 0 Å². The van der Waals surface area contributed by atoms with E-state index >= 15 is 0 Å². The molecule has 19 heavy (non-hydrogen) atoms. The fraction of sp³-hybridized carbons (Fsp3) is 0.286. The second-order valence-corrected chi connectivity index (χ2v) is 5.35. The van der Waals surface area contributed by atoms with Crippen LogP contribution in [-0.4, -0.2) is 10.9 Å². The molecule has 0 aliphatic rings. The van der Waals surface area contributed by atoms with Crippen LogP contribution in [0.25, 0.3) is 0 Å². The smallest absolute Gasteiger partial charge is 0.193 e. The van der Waals surface area contributed by atoms with Gasteiger partial charge in [-0.15, -0.1) is 11.3 Å². The maximum absolute atomic E-state index is 5.90. The summed E-state index contributed by atoms with van der Waals surface area (Å²) in [6, 6.07) is 9.74. The molecule has 0 radical (unpaired) electrons. The highest BCUT2D eigenvalue weighted by atomic mass is 32.1. The third-order valence-electron chi connectivity index (χ3n) is 2.66. The molecule has 0 saturated carbocycles. The molecule has 1 aromatic heterocycles. The number of rotatable bonds is 4. The molecule has 0 aliphatic carbocycles. The fourth-order valence-corrected chi connectivity index (χ4v) is 2.49. The summed E-state index contributed by atoms with van der Waals surface area (Å²) in [6.07, 6.45) is 2.92. The fourth-order valence-electron chi connectivity index (χ4n) is 1.64. The van der Waals surface area contributed by atoms with E-state index in [0.717, 1.165) is 17.1 Å². The summed E-state index contributed by atoms with van der Waals surface area (Å²) in [6.45, 7) is 4.12. The first kappa shape index (κ1) is 13.5. The SMILES string of the molecule is CCc1cnc(C(C)N=C(N)Nc2ccccc2)s1. The lowest BCUT2D eigenvalue weighted by Gasteiger charge is -2.07. The van der Waals surface area contributed by atoms with Gasteiger partial charge < -0.3 is 11.1 Å². The van der Waals surface area contributed by atoms with Crippen molar-refractivity contribution in [1.82, 2.24) is 4.98 Å². The van der Waals surface area contributed by atoms with Crippen LogP contribution in [0.3, 0.4) is 0 Å². The number of nitrogens with one attached hydrogen (secondary N) is 1. The molecule has 2 aromatic rings. The largest absolute Gasteiger partial charge is 0.370 e. The number of nitrogens with two attached hydrogens (primary N) is 1. The highest BCUT2D eigenvalue weighted by molar-refractivity contribution is 7.11. The molecule has 0 aliphatic heterocycles. The average molecular weight is 274 g/mol. The van der Waals surface area contributed by atoms with Crippen molar-refractivity contribution in [3.63, 3.8) is 0 Å². The van der Waals surface area contributed by atoms with E-state index < -0.39 is 0 Å². The topological polar surface area (TPSA) is 63.3 Å². The first-order valence-corrected chi connectivity index (χ1v) is 7.10. The van der Waals surface area contributed by atoms with Gasteiger partial charge in [-0.3, -0.25) is 0 Å². The molecular formula is C14H18N4S. The molecule has 3 N–H and O–H groups in total. The van der Waals surface area contributed by atoms with Gasteiger partial charge >= 0.3 is 0 Å². The molecule has 100 valence electrons. The molecule has 1 unspecified atom stereocenters. The maximum atomic E-state index is 5.90. The van der Waals surface area contributed by atoms with Gasteiger partial charge in [0.05, 0.1) is 0 Å². The molecule has 1 atom stereocenters. The molecule has 4 nitrogen and oxygen atoms in total. The summed E-state index contributed by atoms with van der Waals surface area (Å²) < 4.78 is 0. The van der Waals surface area contributed by atoms with Gasteiger partial charge in [0.2, 0.25) is 0 Å². The van der Waals surface area contributed by atoms with Gasteiger partial charge in [0.1, 0.15) is 11.0 Å². The Kier molecular flexibility index (Phi) is 4.52. The van der Waals surface area contributed by atoms with Crippen LogP contribution >= 0.6 is 11.3 Å². The lowest BCUT2D eigenvalue weighted by Crippen LogP contribution is -2.23. The minimum absolute atomic E-state index is 0.0264. The molecule has 1 aromatic carbocycles. The zero-order valence-electron chi connectivity index (χ0n) is 11.1. The van der Waals surface area contributed by atoms with Crippen LogP contribution in [0.1, 0.15) is 29.8 Å². The van der Waals surface area contributed by atoms with Gasteiger partial charge in [0.15, 0.2) is 5.96 Å². The Balaban J connectivity index is 2.03. The van der Waals surface area contributed by atoms with E-state index in [-0.39, 0.29) is 6.04 Å². The lowest BCUT2D eigenvalue weighted by atomic mass is 10.3. The first-order valence-electron chi connectivity index (χ1n) is 6.29. The monoisotopic (exact) mass is 274 g/mol. The van der Waals surface area contributed by atoms with Gasteiger partial charge in [0.25, 0.3) is 0 Å². The van der Waals surface area contributed by atoms with Gasteiger partial charge in [-0.2, -0.15) is 0 Å².